The van der Waals surface area contributed by atoms with Crippen molar-refractivity contribution in [3.8, 4) is 0 Å². The van der Waals surface area contributed by atoms with Gasteiger partial charge in [0.1, 0.15) is 10.8 Å². The van der Waals surface area contributed by atoms with Gasteiger partial charge in [-0.15, -0.1) is 0 Å². The first-order valence-corrected chi connectivity index (χ1v) is 7.95. The van der Waals surface area contributed by atoms with Crippen molar-refractivity contribution in [1.82, 2.24) is 4.98 Å². The molecule has 3 N–H and O–H groups in total. The maximum absolute atomic E-state index is 5.73. The van der Waals surface area contributed by atoms with Crippen LogP contribution in [0.15, 0.2) is 12.3 Å². The number of nitrogens with one attached hydrogen (secondary N) is 1. The molecule has 5 heteroatoms. The smallest absolute Gasteiger partial charge is 0.136 e. The van der Waals surface area contributed by atoms with Crippen LogP contribution in [-0.4, -0.2) is 28.5 Å². The highest BCUT2D eigenvalue weighted by atomic mass is 32.2. The molecule has 1 aromatic heterocycles. The van der Waals surface area contributed by atoms with Crippen molar-refractivity contribution in [2.24, 2.45) is 5.73 Å². The highest BCUT2D eigenvalue weighted by Crippen LogP contribution is 2.16. The maximum atomic E-state index is 5.73. The van der Waals surface area contributed by atoms with Crippen LogP contribution in [0.5, 0.6) is 0 Å². The molecule has 0 bridgehead atoms. The number of thiocarbonyl (C=S) groups is 1. The average Bonchev–Trinajstić information content (AvgIpc) is 2.33. The van der Waals surface area contributed by atoms with E-state index in [1.165, 1.54) is 18.6 Å². The molecule has 0 radical (unpaired) electrons. The van der Waals surface area contributed by atoms with Crippen LogP contribution in [0.1, 0.15) is 30.4 Å². The van der Waals surface area contributed by atoms with Crippen molar-refractivity contribution < 1.29 is 0 Å². The Morgan fingerprint density at radius 1 is 1.44 bits per heavy atom. The summed E-state index contributed by atoms with van der Waals surface area (Å²) in [6.45, 7) is 2.92. The lowest BCUT2D eigenvalue weighted by molar-refractivity contribution is 0.748. The number of unbranched alkanes of at least 4 members (excludes halogenated alkanes) is 2. The summed E-state index contributed by atoms with van der Waals surface area (Å²) >= 11 is 6.97. The summed E-state index contributed by atoms with van der Waals surface area (Å²) in [5.74, 6) is 2.05. The number of pyridine rings is 1. The van der Waals surface area contributed by atoms with Crippen LogP contribution in [0.2, 0.25) is 0 Å². The first-order chi connectivity index (χ1) is 8.66. The molecule has 0 amide bonds. The van der Waals surface area contributed by atoms with Gasteiger partial charge >= 0.3 is 0 Å². The van der Waals surface area contributed by atoms with Gasteiger partial charge < -0.3 is 11.1 Å². The van der Waals surface area contributed by atoms with E-state index < -0.39 is 0 Å². The number of aromatic nitrogens is 1. The first-order valence-electron chi connectivity index (χ1n) is 6.15. The van der Waals surface area contributed by atoms with Gasteiger partial charge in [0, 0.05) is 12.7 Å². The molecule has 1 aromatic rings. The molecule has 0 atom stereocenters. The zero-order valence-electron chi connectivity index (χ0n) is 11.0. The number of nitrogens with zero attached hydrogens (tertiary/aromatic N) is 1. The average molecular weight is 283 g/mol. The standard InChI is InChI=1S/C13H21N3S2/c1-10-6-8-16-13(11(10)12(14)17)15-7-4-3-5-9-18-2/h6,8H,3-5,7,9H2,1-2H3,(H2,14,17)(H,15,16). The van der Waals surface area contributed by atoms with Crippen LogP contribution in [0.25, 0.3) is 0 Å². The van der Waals surface area contributed by atoms with Gasteiger partial charge in [-0.1, -0.05) is 18.6 Å². The Morgan fingerprint density at radius 3 is 2.89 bits per heavy atom. The molecule has 100 valence electrons. The van der Waals surface area contributed by atoms with E-state index in [0.717, 1.165) is 29.9 Å². The quantitative estimate of drug-likeness (QED) is 0.567. The summed E-state index contributed by atoms with van der Waals surface area (Å²) in [5, 5.41) is 3.33. The van der Waals surface area contributed by atoms with Gasteiger partial charge in [0.05, 0.1) is 5.56 Å². The first kappa shape index (κ1) is 15.2. The number of anilines is 1. The number of aryl methyl sites for hydroxylation is 1. The summed E-state index contributed by atoms with van der Waals surface area (Å²) < 4.78 is 0. The zero-order chi connectivity index (χ0) is 13.4. The molecule has 1 rings (SSSR count). The van der Waals surface area contributed by atoms with Crippen LogP contribution < -0.4 is 11.1 Å². The lowest BCUT2D eigenvalue weighted by Gasteiger charge is -2.12. The van der Waals surface area contributed by atoms with Gasteiger partial charge in [-0.3, -0.25) is 0 Å². The molecule has 3 nitrogen and oxygen atoms in total. The summed E-state index contributed by atoms with van der Waals surface area (Å²) in [6.07, 6.45) is 7.58. The minimum Gasteiger partial charge on any atom is -0.389 e. The van der Waals surface area contributed by atoms with E-state index in [1.54, 1.807) is 6.20 Å². The van der Waals surface area contributed by atoms with Crippen molar-refractivity contribution in [2.45, 2.75) is 26.2 Å². The van der Waals surface area contributed by atoms with Gasteiger partial charge in [-0.25, -0.2) is 4.98 Å². The Balaban J connectivity index is 2.47. The molecule has 0 aliphatic carbocycles. The molecule has 0 spiro atoms. The number of nitrogens with two attached hydrogens (primary N) is 1. The van der Waals surface area contributed by atoms with E-state index >= 15 is 0 Å². The van der Waals surface area contributed by atoms with E-state index in [1.807, 2.05) is 24.8 Å². The van der Waals surface area contributed by atoms with Crippen LogP contribution >= 0.6 is 24.0 Å². The Labute approximate surface area is 119 Å². The van der Waals surface area contributed by atoms with Gasteiger partial charge in [0.15, 0.2) is 0 Å². The second-order valence-electron chi connectivity index (χ2n) is 4.20. The van der Waals surface area contributed by atoms with Crippen molar-refractivity contribution in [1.29, 1.82) is 0 Å². The molecule has 0 aromatic carbocycles. The van der Waals surface area contributed by atoms with Crippen molar-refractivity contribution in [3.63, 3.8) is 0 Å². The maximum Gasteiger partial charge on any atom is 0.136 e. The number of thioether (sulfide) groups is 1. The third-order valence-corrected chi connectivity index (χ3v) is 3.62. The van der Waals surface area contributed by atoms with Gasteiger partial charge in [0.2, 0.25) is 0 Å². The molecule has 0 unspecified atom stereocenters. The Bertz CT molecular complexity index is 394. The van der Waals surface area contributed by atoms with E-state index in [9.17, 15) is 0 Å². The van der Waals surface area contributed by atoms with Gasteiger partial charge in [0.25, 0.3) is 0 Å². The topological polar surface area (TPSA) is 50.9 Å². The Morgan fingerprint density at radius 2 is 2.22 bits per heavy atom. The van der Waals surface area contributed by atoms with E-state index in [4.69, 9.17) is 18.0 Å². The van der Waals surface area contributed by atoms with Crippen LogP contribution in [0.4, 0.5) is 5.82 Å². The summed E-state index contributed by atoms with van der Waals surface area (Å²) in [7, 11) is 0. The van der Waals surface area contributed by atoms with E-state index in [0.29, 0.717) is 4.99 Å². The molecule has 0 aliphatic rings. The van der Waals surface area contributed by atoms with E-state index in [-0.39, 0.29) is 0 Å². The largest absolute Gasteiger partial charge is 0.389 e. The van der Waals surface area contributed by atoms with Crippen LogP contribution in [-0.2, 0) is 0 Å². The molecule has 0 saturated carbocycles. The highest BCUT2D eigenvalue weighted by Gasteiger charge is 2.08. The lowest BCUT2D eigenvalue weighted by Crippen LogP contribution is -2.16. The number of rotatable bonds is 8. The Kier molecular flexibility index (Phi) is 7.05. The zero-order valence-corrected chi connectivity index (χ0v) is 12.7. The predicted molar refractivity (Wildman–Crippen MR) is 85.6 cm³/mol. The SMILES string of the molecule is CSCCCCCNc1nccc(C)c1C(N)=S. The fourth-order valence-corrected chi connectivity index (χ4v) is 2.51. The second-order valence-corrected chi connectivity index (χ2v) is 5.62. The monoisotopic (exact) mass is 283 g/mol. The van der Waals surface area contributed by atoms with Crippen molar-refractivity contribution >= 4 is 34.8 Å². The van der Waals surface area contributed by atoms with Crippen LogP contribution in [0.3, 0.4) is 0 Å². The minimum atomic E-state index is 0.408. The minimum absolute atomic E-state index is 0.408. The molecular formula is C13H21N3S2. The molecule has 0 aliphatic heterocycles. The van der Waals surface area contributed by atoms with Crippen LogP contribution in [0, 0.1) is 6.92 Å². The molecular weight excluding hydrogens is 262 g/mol. The van der Waals surface area contributed by atoms with Crippen molar-refractivity contribution in [3.05, 3.63) is 23.4 Å². The second kappa shape index (κ2) is 8.32. The number of hydrogen-bond acceptors (Lipinski definition) is 4. The van der Waals surface area contributed by atoms with Gasteiger partial charge in [-0.05, 0) is 43.4 Å². The highest BCUT2D eigenvalue weighted by molar-refractivity contribution is 7.98. The normalized spacial score (nSPS) is 10.3. The third-order valence-electron chi connectivity index (χ3n) is 2.72. The van der Waals surface area contributed by atoms with Crippen molar-refractivity contribution in [2.75, 3.05) is 23.9 Å². The third kappa shape index (κ3) is 4.82. The van der Waals surface area contributed by atoms with Gasteiger partial charge in [-0.2, -0.15) is 11.8 Å². The summed E-state index contributed by atoms with van der Waals surface area (Å²) in [6, 6.07) is 1.93. The molecule has 0 fully saturated rings. The predicted octanol–water partition coefficient (Wildman–Crippen LogP) is 2.97. The fourth-order valence-electron chi connectivity index (χ4n) is 1.76. The van der Waals surface area contributed by atoms with E-state index in [2.05, 4.69) is 16.6 Å². The fraction of sp³-hybridized carbons (Fsp3) is 0.538. The lowest BCUT2D eigenvalue weighted by atomic mass is 10.1. The number of hydrogen-bond donors (Lipinski definition) is 2. The Hall–Kier alpha value is -0.810. The molecule has 1 heterocycles. The molecule has 0 saturated heterocycles. The summed E-state index contributed by atoms with van der Waals surface area (Å²) in [5.41, 5.74) is 7.68. The molecule has 18 heavy (non-hydrogen) atoms. The summed E-state index contributed by atoms with van der Waals surface area (Å²) in [4.78, 5) is 4.72.